The van der Waals surface area contributed by atoms with Crippen LogP contribution >= 0.6 is 11.3 Å². The van der Waals surface area contributed by atoms with Gasteiger partial charge in [-0.25, -0.2) is 9.97 Å². The number of fused-ring (bicyclic) bond motifs is 3. The summed E-state index contributed by atoms with van der Waals surface area (Å²) in [7, 11) is 0. The van der Waals surface area contributed by atoms with Gasteiger partial charge in [0.15, 0.2) is 0 Å². The van der Waals surface area contributed by atoms with E-state index in [1.807, 2.05) is 11.3 Å². The molecule has 0 radical (unpaired) electrons. The van der Waals surface area contributed by atoms with Crippen LogP contribution < -0.4 is 5.32 Å². The molecule has 0 amide bonds. The van der Waals surface area contributed by atoms with E-state index >= 15 is 0 Å². The van der Waals surface area contributed by atoms with E-state index in [0.29, 0.717) is 6.04 Å². The van der Waals surface area contributed by atoms with E-state index in [1.165, 1.54) is 73.6 Å². The molecular weight excluding hydrogens is 266 g/mol. The highest BCUT2D eigenvalue weighted by molar-refractivity contribution is 7.19. The summed E-state index contributed by atoms with van der Waals surface area (Å²) in [6, 6.07) is 0.604. The highest BCUT2D eigenvalue weighted by Gasteiger charge is 2.22. The summed E-state index contributed by atoms with van der Waals surface area (Å²) in [5.41, 5.74) is 1.53. The van der Waals surface area contributed by atoms with Crippen molar-refractivity contribution in [2.24, 2.45) is 0 Å². The Morgan fingerprint density at radius 1 is 1.00 bits per heavy atom. The molecule has 2 heterocycles. The van der Waals surface area contributed by atoms with Gasteiger partial charge < -0.3 is 5.32 Å². The normalized spacial score (nSPS) is 20.0. The molecule has 20 heavy (non-hydrogen) atoms. The topological polar surface area (TPSA) is 37.8 Å². The monoisotopic (exact) mass is 287 g/mol. The molecule has 0 aliphatic heterocycles. The number of nitrogens with one attached hydrogen (secondary N) is 1. The molecule has 1 fully saturated rings. The molecule has 2 aliphatic carbocycles. The second-order valence-electron chi connectivity index (χ2n) is 6.09. The molecule has 4 heteroatoms. The zero-order valence-corrected chi connectivity index (χ0v) is 12.6. The first-order valence-corrected chi connectivity index (χ1v) is 8.75. The predicted octanol–water partition coefficient (Wildman–Crippen LogP) is 4.31. The Balaban J connectivity index is 1.68. The van der Waals surface area contributed by atoms with Gasteiger partial charge in [0.2, 0.25) is 0 Å². The Bertz CT molecular complexity index is 611. The highest BCUT2D eigenvalue weighted by Crippen LogP contribution is 2.39. The number of rotatable bonds is 2. The molecule has 3 nitrogen and oxygen atoms in total. The molecule has 0 saturated heterocycles. The summed E-state index contributed by atoms with van der Waals surface area (Å²) in [6.45, 7) is 0. The molecule has 4 rings (SSSR count). The van der Waals surface area contributed by atoms with Crippen LogP contribution in [-0.4, -0.2) is 16.0 Å². The first kappa shape index (κ1) is 12.6. The minimum Gasteiger partial charge on any atom is -0.367 e. The van der Waals surface area contributed by atoms with Crippen LogP contribution in [0.3, 0.4) is 0 Å². The fraction of sp³-hybridized carbons (Fsp3) is 0.625. The van der Waals surface area contributed by atoms with Gasteiger partial charge in [-0.2, -0.15) is 0 Å². The lowest BCUT2D eigenvalue weighted by Crippen LogP contribution is -2.19. The summed E-state index contributed by atoms with van der Waals surface area (Å²) in [5, 5.41) is 5.06. The van der Waals surface area contributed by atoms with E-state index in [0.717, 1.165) is 5.82 Å². The van der Waals surface area contributed by atoms with E-state index in [4.69, 9.17) is 0 Å². The zero-order valence-electron chi connectivity index (χ0n) is 11.8. The molecule has 1 N–H and O–H groups in total. The van der Waals surface area contributed by atoms with Crippen molar-refractivity contribution >= 4 is 27.4 Å². The van der Waals surface area contributed by atoms with E-state index in [-0.39, 0.29) is 0 Å². The van der Waals surface area contributed by atoms with Crippen LogP contribution in [0.25, 0.3) is 10.2 Å². The SMILES string of the molecule is c1nc(NC2CCCCCC2)c2c3c(sc2n1)CCC3. The first-order chi connectivity index (χ1) is 9.92. The van der Waals surface area contributed by atoms with Crippen molar-refractivity contribution in [3.8, 4) is 0 Å². The number of thiophene rings is 1. The molecule has 0 atom stereocenters. The summed E-state index contributed by atoms with van der Waals surface area (Å²) < 4.78 is 0. The molecular formula is C16H21N3S. The van der Waals surface area contributed by atoms with Crippen molar-refractivity contribution in [1.82, 2.24) is 9.97 Å². The van der Waals surface area contributed by atoms with Crippen LogP contribution in [0.2, 0.25) is 0 Å². The Morgan fingerprint density at radius 2 is 1.85 bits per heavy atom. The quantitative estimate of drug-likeness (QED) is 0.836. The van der Waals surface area contributed by atoms with Gasteiger partial charge >= 0.3 is 0 Å². The number of aromatic nitrogens is 2. The number of hydrogen-bond acceptors (Lipinski definition) is 4. The maximum absolute atomic E-state index is 4.57. The molecule has 106 valence electrons. The minimum absolute atomic E-state index is 0.604. The van der Waals surface area contributed by atoms with E-state index < -0.39 is 0 Å². The van der Waals surface area contributed by atoms with E-state index in [1.54, 1.807) is 11.2 Å². The van der Waals surface area contributed by atoms with Gasteiger partial charge in [0.05, 0.1) is 5.39 Å². The van der Waals surface area contributed by atoms with Crippen molar-refractivity contribution < 1.29 is 0 Å². The predicted molar refractivity (Wildman–Crippen MR) is 84.6 cm³/mol. The average Bonchev–Trinajstić information content (AvgIpc) is 2.93. The third kappa shape index (κ3) is 2.20. The minimum atomic E-state index is 0.604. The van der Waals surface area contributed by atoms with Gasteiger partial charge in [-0.1, -0.05) is 25.7 Å². The number of anilines is 1. The lowest BCUT2D eigenvalue weighted by Gasteiger charge is -2.17. The summed E-state index contributed by atoms with van der Waals surface area (Å²) in [6.07, 6.45) is 13.6. The maximum Gasteiger partial charge on any atom is 0.138 e. The Hall–Kier alpha value is -1.16. The van der Waals surface area contributed by atoms with Crippen LogP contribution in [0.4, 0.5) is 5.82 Å². The second-order valence-corrected chi connectivity index (χ2v) is 7.18. The summed E-state index contributed by atoms with van der Waals surface area (Å²) >= 11 is 1.88. The smallest absolute Gasteiger partial charge is 0.138 e. The Kier molecular flexibility index (Phi) is 3.34. The van der Waals surface area contributed by atoms with Crippen molar-refractivity contribution in [1.29, 1.82) is 0 Å². The number of aryl methyl sites for hydroxylation is 2. The fourth-order valence-electron chi connectivity index (χ4n) is 3.66. The first-order valence-electron chi connectivity index (χ1n) is 7.93. The van der Waals surface area contributed by atoms with Gasteiger partial charge in [-0.15, -0.1) is 11.3 Å². The molecule has 2 aromatic heterocycles. The lowest BCUT2D eigenvalue weighted by atomic mass is 10.1. The van der Waals surface area contributed by atoms with Gasteiger partial charge in [-0.3, -0.25) is 0 Å². The molecule has 1 saturated carbocycles. The van der Waals surface area contributed by atoms with Gasteiger partial charge in [0, 0.05) is 10.9 Å². The standard InChI is InChI=1S/C16H21N3S/c1-2-4-7-11(6-3-1)19-15-14-12-8-5-9-13(12)20-16(14)18-10-17-15/h10-11H,1-9H2,(H,17,18,19). The van der Waals surface area contributed by atoms with Crippen LogP contribution in [0.15, 0.2) is 6.33 Å². The molecule has 0 spiro atoms. The Morgan fingerprint density at radius 3 is 2.70 bits per heavy atom. The van der Waals surface area contributed by atoms with Crippen LogP contribution in [0, 0.1) is 0 Å². The van der Waals surface area contributed by atoms with Crippen molar-refractivity contribution in [2.45, 2.75) is 63.8 Å². The molecule has 2 aliphatic rings. The number of hydrogen-bond donors (Lipinski definition) is 1. The summed E-state index contributed by atoms with van der Waals surface area (Å²) in [5.74, 6) is 1.10. The zero-order chi connectivity index (χ0) is 13.4. The van der Waals surface area contributed by atoms with Crippen molar-refractivity contribution in [3.63, 3.8) is 0 Å². The molecule has 0 unspecified atom stereocenters. The van der Waals surface area contributed by atoms with Crippen LogP contribution in [0.1, 0.15) is 55.4 Å². The fourth-order valence-corrected chi connectivity index (χ4v) is 4.88. The highest BCUT2D eigenvalue weighted by atomic mass is 32.1. The number of nitrogens with zero attached hydrogens (tertiary/aromatic N) is 2. The van der Waals surface area contributed by atoms with Crippen LogP contribution in [0.5, 0.6) is 0 Å². The lowest BCUT2D eigenvalue weighted by molar-refractivity contribution is 0.618. The van der Waals surface area contributed by atoms with Gasteiger partial charge in [-0.05, 0) is 37.7 Å². The Labute approximate surface area is 123 Å². The average molecular weight is 287 g/mol. The third-order valence-electron chi connectivity index (χ3n) is 4.70. The molecule has 0 aromatic carbocycles. The van der Waals surface area contributed by atoms with Crippen LogP contribution in [-0.2, 0) is 12.8 Å². The van der Waals surface area contributed by atoms with E-state index in [2.05, 4.69) is 15.3 Å². The third-order valence-corrected chi connectivity index (χ3v) is 5.90. The molecule has 2 aromatic rings. The summed E-state index contributed by atoms with van der Waals surface area (Å²) in [4.78, 5) is 11.8. The largest absolute Gasteiger partial charge is 0.367 e. The maximum atomic E-state index is 4.57. The van der Waals surface area contributed by atoms with Crippen molar-refractivity contribution in [3.05, 3.63) is 16.8 Å². The molecule has 0 bridgehead atoms. The van der Waals surface area contributed by atoms with Crippen molar-refractivity contribution in [2.75, 3.05) is 5.32 Å². The second kappa shape index (κ2) is 5.32. The van der Waals surface area contributed by atoms with Gasteiger partial charge in [0.25, 0.3) is 0 Å². The van der Waals surface area contributed by atoms with Gasteiger partial charge in [0.1, 0.15) is 17.0 Å². The van der Waals surface area contributed by atoms with E-state index in [9.17, 15) is 0 Å².